The second kappa shape index (κ2) is 9.47. The molecule has 0 heterocycles. The standard InChI is InChI=1S/C20H25N3O4/c1-13(2)20(25)23-16-6-4-5-15(10-16)22-11-14-7-8-17(18(9-14)26-3)27-12-19(21)24/h4-10,13,22H,11-12H2,1-3H3,(H2,21,24)(H,23,25). The molecule has 0 spiro atoms. The molecule has 0 aliphatic rings. The van der Waals surface area contributed by atoms with E-state index < -0.39 is 5.91 Å². The topological polar surface area (TPSA) is 103 Å². The van der Waals surface area contributed by atoms with E-state index in [1.165, 1.54) is 7.11 Å². The minimum atomic E-state index is -0.549. The molecule has 0 aliphatic carbocycles. The van der Waals surface area contributed by atoms with Crippen LogP contribution in [0.2, 0.25) is 0 Å². The second-order valence-electron chi connectivity index (χ2n) is 6.32. The first-order valence-electron chi connectivity index (χ1n) is 8.62. The van der Waals surface area contributed by atoms with Gasteiger partial charge in [-0.05, 0) is 35.9 Å². The summed E-state index contributed by atoms with van der Waals surface area (Å²) >= 11 is 0. The van der Waals surface area contributed by atoms with Crippen molar-refractivity contribution in [1.29, 1.82) is 0 Å². The summed E-state index contributed by atoms with van der Waals surface area (Å²) in [6, 6.07) is 13.0. The highest BCUT2D eigenvalue weighted by molar-refractivity contribution is 5.92. The third kappa shape index (κ3) is 6.22. The Morgan fingerprint density at radius 2 is 1.81 bits per heavy atom. The molecule has 2 rings (SSSR count). The van der Waals surface area contributed by atoms with E-state index in [0.29, 0.717) is 18.0 Å². The molecule has 0 radical (unpaired) electrons. The number of primary amides is 1. The summed E-state index contributed by atoms with van der Waals surface area (Å²) in [5, 5.41) is 6.18. The Bertz CT molecular complexity index is 806. The molecule has 27 heavy (non-hydrogen) atoms. The predicted octanol–water partition coefficient (Wildman–Crippen LogP) is 2.77. The van der Waals surface area contributed by atoms with E-state index in [0.717, 1.165) is 16.9 Å². The number of ether oxygens (including phenoxy) is 2. The number of methoxy groups -OCH3 is 1. The number of anilines is 2. The van der Waals surface area contributed by atoms with Gasteiger partial charge >= 0.3 is 0 Å². The summed E-state index contributed by atoms with van der Waals surface area (Å²) in [6.07, 6.45) is 0. The fourth-order valence-electron chi connectivity index (χ4n) is 2.29. The number of nitrogens with one attached hydrogen (secondary N) is 2. The van der Waals surface area contributed by atoms with E-state index in [9.17, 15) is 9.59 Å². The van der Waals surface area contributed by atoms with Crippen molar-refractivity contribution in [3.63, 3.8) is 0 Å². The van der Waals surface area contributed by atoms with Gasteiger partial charge in [0.1, 0.15) is 0 Å². The third-order valence-electron chi connectivity index (χ3n) is 3.75. The molecule has 2 amide bonds. The molecule has 0 unspecified atom stereocenters. The molecule has 2 aromatic rings. The molecule has 0 aliphatic heterocycles. The highest BCUT2D eigenvalue weighted by atomic mass is 16.5. The van der Waals surface area contributed by atoms with Crippen molar-refractivity contribution in [2.24, 2.45) is 11.7 Å². The van der Waals surface area contributed by atoms with Crippen molar-refractivity contribution < 1.29 is 19.1 Å². The highest BCUT2D eigenvalue weighted by Crippen LogP contribution is 2.28. The van der Waals surface area contributed by atoms with Crippen LogP contribution in [0.5, 0.6) is 11.5 Å². The van der Waals surface area contributed by atoms with E-state index in [1.54, 1.807) is 6.07 Å². The second-order valence-corrected chi connectivity index (χ2v) is 6.32. The van der Waals surface area contributed by atoms with Crippen LogP contribution < -0.4 is 25.8 Å². The van der Waals surface area contributed by atoms with Gasteiger partial charge in [0.2, 0.25) is 5.91 Å². The van der Waals surface area contributed by atoms with Crippen molar-refractivity contribution in [2.75, 3.05) is 24.4 Å². The van der Waals surface area contributed by atoms with Crippen LogP contribution in [0.15, 0.2) is 42.5 Å². The molecule has 0 aromatic heterocycles. The molecule has 7 heteroatoms. The summed E-state index contributed by atoms with van der Waals surface area (Å²) in [6.45, 7) is 4.04. The molecule has 0 atom stereocenters. The van der Waals surface area contributed by atoms with Crippen molar-refractivity contribution >= 4 is 23.2 Å². The van der Waals surface area contributed by atoms with Crippen molar-refractivity contribution in [2.45, 2.75) is 20.4 Å². The molecule has 0 fully saturated rings. The molecule has 0 bridgehead atoms. The van der Waals surface area contributed by atoms with Gasteiger partial charge in [-0.2, -0.15) is 0 Å². The molecule has 2 aromatic carbocycles. The average molecular weight is 371 g/mol. The van der Waals surface area contributed by atoms with Crippen molar-refractivity contribution in [3.05, 3.63) is 48.0 Å². The first kappa shape index (κ1) is 20.1. The van der Waals surface area contributed by atoms with E-state index >= 15 is 0 Å². The lowest BCUT2D eigenvalue weighted by Gasteiger charge is -2.13. The Hall–Kier alpha value is -3.22. The highest BCUT2D eigenvalue weighted by Gasteiger charge is 2.09. The fourth-order valence-corrected chi connectivity index (χ4v) is 2.29. The maximum atomic E-state index is 11.8. The minimum Gasteiger partial charge on any atom is -0.493 e. The zero-order valence-electron chi connectivity index (χ0n) is 15.7. The van der Waals surface area contributed by atoms with Crippen LogP contribution in [0.1, 0.15) is 19.4 Å². The first-order chi connectivity index (χ1) is 12.9. The van der Waals surface area contributed by atoms with Crippen LogP contribution >= 0.6 is 0 Å². The van der Waals surface area contributed by atoms with E-state index in [2.05, 4.69) is 10.6 Å². The molecule has 0 saturated carbocycles. The van der Waals surface area contributed by atoms with Gasteiger partial charge in [-0.15, -0.1) is 0 Å². The summed E-state index contributed by atoms with van der Waals surface area (Å²) in [4.78, 5) is 22.7. The van der Waals surface area contributed by atoms with E-state index in [-0.39, 0.29) is 18.4 Å². The average Bonchev–Trinajstić information content (AvgIpc) is 2.65. The molecule has 7 nitrogen and oxygen atoms in total. The lowest BCUT2D eigenvalue weighted by molar-refractivity contribution is -0.120. The van der Waals surface area contributed by atoms with E-state index in [1.807, 2.05) is 50.2 Å². The van der Waals surface area contributed by atoms with Gasteiger partial charge in [0.05, 0.1) is 7.11 Å². The lowest BCUT2D eigenvalue weighted by atomic mass is 10.2. The molecular formula is C20H25N3O4. The quantitative estimate of drug-likeness (QED) is 0.629. The maximum absolute atomic E-state index is 11.8. The molecule has 4 N–H and O–H groups in total. The summed E-state index contributed by atoms with van der Waals surface area (Å²) in [5.41, 5.74) is 7.68. The normalized spacial score (nSPS) is 10.4. The number of rotatable bonds is 9. The Kier molecular flexibility index (Phi) is 7.05. The third-order valence-corrected chi connectivity index (χ3v) is 3.75. The Morgan fingerprint density at radius 1 is 1.07 bits per heavy atom. The van der Waals surface area contributed by atoms with Crippen molar-refractivity contribution in [1.82, 2.24) is 0 Å². The SMILES string of the molecule is COc1cc(CNc2cccc(NC(=O)C(C)C)c2)ccc1OCC(N)=O. The summed E-state index contributed by atoms with van der Waals surface area (Å²) in [7, 11) is 1.53. The van der Waals surface area contributed by atoms with Gasteiger partial charge < -0.3 is 25.8 Å². The zero-order valence-corrected chi connectivity index (χ0v) is 15.7. The number of hydrogen-bond donors (Lipinski definition) is 3. The molecular weight excluding hydrogens is 346 g/mol. The van der Waals surface area contributed by atoms with Crippen molar-refractivity contribution in [3.8, 4) is 11.5 Å². The largest absolute Gasteiger partial charge is 0.493 e. The minimum absolute atomic E-state index is 0.0246. The first-order valence-corrected chi connectivity index (χ1v) is 8.62. The summed E-state index contributed by atoms with van der Waals surface area (Å²) < 4.78 is 10.6. The van der Waals surface area contributed by atoms with Crippen LogP contribution in [0.3, 0.4) is 0 Å². The van der Waals surface area contributed by atoms with Gasteiger partial charge in [0.25, 0.3) is 5.91 Å². The van der Waals surface area contributed by atoms with Gasteiger partial charge in [0.15, 0.2) is 18.1 Å². The van der Waals surface area contributed by atoms with E-state index in [4.69, 9.17) is 15.2 Å². The van der Waals surface area contributed by atoms with Gasteiger partial charge in [0, 0.05) is 23.8 Å². The maximum Gasteiger partial charge on any atom is 0.255 e. The van der Waals surface area contributed by atoms with Crippen LogP contribution in [-0.2, 0) is 16.1 Å². The Balaban J connectivity index is 2.01. The zero-order chi connectivity index (χ0) is 19.8. The van der Waals surface area contributed by atoms with Crippen LogP contribution in [0, 0.1) is 5.92 Å². The number of carbonyl (C=O) groups is 2. The number of carbonyl (C=O) groups excluding carboxylic acids is 2. The smallest absolute Gasteiger partial charge is 0.255 e. The predicted molar refractivity (Wildman–Crippen MR) is 105 cm³/mol. The number of hydrogen-bond acceptors (Lipinski definition) is 5. The Labute approximate surface area is 158 Å². The molecule has 0 saturated heterocycles. The lowest BCUT2D eigenvalue weighted by Crippen LogP contribution is -2.20. The number of benzene rings is 2. The summed E-state index contributed by atoms with van der Waals surface area (Å²) in [5.74, 6) is 0.326. The van der Waals surface area contributed by atoms with Crippen LogP contribution in [-0.4, -0.2) is 25.5 Å². The Morgan fingerprint density at radius 3 is 2.48 bits per heavy atom. The van der Waals surface area contributed by atoms with Gasteiger partial charge in [-0.1, -0.05) is 26.0 Å². The van der Waals surface area contributed by atoms with Gasteiger partial charge in [-0.3, -0.25) is 9.59 Å². The number of amides is 2. The number of nitrogens with two attached hydrogens (primary N) is 1. The van der Waals surface area contributed by atoms with Gasteiger partial charge in [-0.25, -0.2) is 0 Å². The fraction of sp³-hybridized carbons (Fsp3) is 0.300. The van der Waals surface area contributed by atoms with Crippen LogP contribution in [0.4, 0.5) is 11.4 Å². The monoisotopic (exact) mass is 371 g/mol. The molecule has 144 valence electrons. The van der Waals surface area contributed by atoms with Crippen LogP contribution in [0.25, 0.3) is 0 Å².